The van der Waals surface area contributed by atoms with E-state index in [0.717, 1.165) is 50.5 Å². The molecule has 1 aliphatic heterocycles. The second kappa shape index (κ2) is 6.54. The molecule has 9 atom stereocenters. The van der Waals surface area contributed by atoms with Gasteiger partial charge in [-0.3, -0.25) is 0 Å². The van der Waals surface area contributed by atoms with Crippen molar-refractivity contribution in [1.82, 2.24) is 0 Å². The fourth-order valence-corrected chi connectivity index (χ4v) is 8.56. The van der Waals surface area contributed by atoms with E-state index in [0.29, 0.717) is 31.0 Å². The Morgan fingerprint density at radius 2 is 1.90 bits per heavy atom. The van der Waals surface area contributed by atoms with Crippen LogP contribution in [0, 0.1) is 34.5 Å². The van der Waals surface area contributed by atoms with E-state index in [2.05, 4.69) is 13.8 Å². The van der Waals surface area contributed by atoms with Gasteiger partial charge < -0.3 is 19.7 Å². The molecule has 5 heteroatoms. The summed E-state index contributed by atoms with van der Waals surface area (Å²) in [5, 5.41) is 23.7. The number of cyclic esters (lactones) is 1. The van der Waals surface area contributed by atoms with Crippen molar-refractivity contribution < 1.29 is 24.5 Å². The smallest absolute Gasteiger partial charge is 0.331 e. The molecule has 0 spiro atoms. The topological polar surface area (TPSA) is 76.0 Å². The second-order valence-corrected chi connectivity index (χ2v) is 11.0. The number of carbonyl (C=O) groups is 1. The minimum atomic E-state index is -0.876. The van der Waals surface area contributed by atoms with Crippen LogP contribution in [-0.4, -0.2) is 47.7 Å². The number of rotatable bonds is 2. The van der Waals surface area contributed by atoms with Crippen LogP contribution in [0.15, 0.2) is 11.6 Å². The van der Waals surface area contributed by atoms with E-state index in [1.54, 1.807) is 6.08 Å². The van der Waals surface area contributed by atoms with Gasteiger partial charge in [0, 0.05) is 18.6 Å². The fourth-order valence-electron chi connectivity index (χ4n) is 8.56. The number of fused-ring (bicyclic) bond motifs is 5. The largest absolute Gasteiger partial charge is 0.458 e. The first-order valence-corrected chi connectivity index (χ1v) is 11.5. The molecule has 29 heavy (non-hydrogen) atoms. The van der Waals surface area contributed by atoms with Crippen molar-refractivity contribution in [1.29, 1.82) is 0 Å². The number of hydrogen-bond donors (Lipinski definition) is 2. The highest BCUT2D eigenvalue weighted by Gasteiger charge is 2.70. The van der Waals surface area contributed by atoms with Gasteiger partial charge in [-0.2, -0.15) is 0 Å². The van der Waals surface area contributed by atoms with Crippen LogP contribution in [0.25, 0.3) is 0 Å². The monoisotopic (exact) mass is 404 g/mol. The van der Waals surface area contributed by atoms with Gasteiger partial charge in [0.2, 0.25) is 0 Å². The summed E-state index contributed by atoms with van der Waals surface area (Å²) in [6, 6.07) is 0. The molecule has 5 rings (SSSR count). The second-order valence-electron chi connectivity index (χ2n) is 11.0. The predicted octanol–water partition coefficient (Wildman–Crippen LogP) is 3.23. The maximum atomic E-state index is 12.2. The zero-order valence-electron chi connectivity index (χ0n) is 18.0. The highest BCUT2D eigenvalue weighted by atomic mass is 16.5. The van der Waals surface area contributed by atoms with E-state index in [-0.39, 0.29) is 23.2 Å². The molecule has 0 amide bonds. The van der Waals surface area contributed by atoms with Crippen molar-refractivity contribution in [2.24, 2.45) is 34.5 Å². The molecule has 0 bridgehead atoms. The van der Waals surface area contributed by atoms with Crippen molar-refractivity contribution >= 4 is 5.97 Å². The van der Waals surface area contributed by atoms with E-state index in [4.69, 9.17) is 9.47 Å². The van der Waals surface area contributed by atoms with E-state index >= 15 is 0 Å². The van der Waals surface area contributed by atoms with Gasteiger partial charge in [0.05, 0.1) is 17.8 Å². The highest BCUT2D eigenvalue weighted by molar-refractivity contribution is 5.85. The van der Waals surface area contributed by atoms with E-state index in [9.17, 15) is 15.0 Å². The summed E-state index contributed by atoms with van der Waals surface area (Å²) in [5.74, 6) is 0.916. The lowest BCUT2D eigenvalue weighted by Gasteiger charge is -2.65. The first-order chi connectivity index (χ1) is 13.7. The normalized spacial score (nSPS) is 54.2. The van der Waals surface area contributed by atoms with Crippen LogP contribution in [0.4, 0.5) is 0 Å². The Hall–Kier alpha value is -0.910. The quantitative estimate of drug-likeness (QED) is 0.691. The molecule has 0 aromatic rings. The number of esters is 1. The fraction of sp³-hybridized carbons (Fsp3) is 0.875. The molecule has 0 saturated heterocycles. The number of aliphatic hydroxyl groups excluding tert-OH is 1. The molecule has 5 aliphatic rings. The van der Waals surface area contributed by atoms with Crippen molar-refractivity contribution in [2.45, 2.75) is 83.0 Å². The number of ether oxygens (including phenoxy) is 2. The summed E-state index contributed by atoms with van der Waals surface area (Å²) in [4.78, 5) is 11.7. The minimum Gasteiger partial charge on any atom is -0.458 e. The first kappa shape index (κ1) is 20.0. The minimum absolute atomic E-state index is 0.0182. The van der Waals surface area contributed by atoms with Crippen LogP contribution >= 0.6 is 0 Å². The van der Waals surface area contributed by atoms with E-state index < -0.39 is 17.1 Å². The molecule has 0 aromatic heterocycles. The molecule has 4 aliphatic carbocycles. The average molecular weight is 405 g/mol. The summed E-state index contributed by atoms with van der Waals surface area (Å²) in [6.07, 6.45) is 9.15. The molecule has 4 fully saturated rings. The molecular formula is C24H36O5. The van der Waals surface area contributed by atoms with Crippen molar-refractivity contribution in [2.75, 3.05) is 13.7 Å². The average Bonchev–Trinajstić information content (AvgIpc) is 3.24. The van der Waals surface area contributed by atoms with Crippen molar-refractivity contribution in [3.63, 3.8) is 0 Å². The van der Waals surface area contributed by atoms with Crippen LogP contribution in [0.1, 0.15) is 65.2 Å². The summed E-state index contributed by atoms with van der Waals surface area (Å²) in [7, 11) is 1.82. The lowest BCUT2D eigenvalue weighted by Crippen LogP contribution is -2.67. The zero-order chi connectivity index (χ0) is 20.6. The maximum Gasteiger partial charge on any atom is 0.331 e. The Labute approximate surface area is 173 Å². The molecule has 5 nitrogen and oxygen atoms in total. The Kier molecular flexibility index (Phi) is 4.52. The van der Waals surface area contributed by atoms with Crippen LogP contribution in [0.2, 0.25) is 0 Å². The van der Waals surface area contributed by atoms with Gasteiger partial charge in [-0.05, 0) is 86.0 Å². The first-order valence-electron chi connectivity index (χ1n) is 11.5. The molecule has 0 radical (unpaired) electrons. The van der Waals surface area contributed by atoms with Gasteiger partial charge >= 0.3 is 5.97 Å². The van der Waals surface area contributed by atoms with Gasteiger partial charge in [-0.15, -0.1) is 0 Å². The summed E-state index contributed by atoms with van der Waals surface area (Å²) >= 11 is 0. The predicted molar refractivity (Wildman–Crippen MR) is 108 cm³/mol. The van der Waals surface area contributed by atoms with Gasteiger partial charge in [0.25, 0.3) is 0 Å². The van der Waals surface area contributed by atoms with E-state index in [1.165, 1.54) is 0 Å². The molecule has 162 valence electrons. The lowest BCUT2D eigenvalue weighted by molar-refractivity contribution is -0.245. The Balaban J connectivity index is 1.49. The molecule has 2 N–H and O–H groups in total. The molecule has 4 saturated carbocycles. The van der Waals surface area contributed by atoms with Crippen LogP contribution in [0.5, 0.6) is 0 Å². The number of carbonyl (C=O) groups excluding carboxylic acids is 1. The maximum absolute atomic E-state index is 12.2. The summed E-state index contributed by atoms with van der Waals surface area (Å²) < 4.78 is 10.9. The molecule has 9 unspecified atom stereocenters. The van der Waals surface area contributed by atoms with Gasteiger partial charge in [0.1, 0.15) is 6.61 Å². The Morgan fingerprint density at radius 3 is 2.59 bits per heavy atom. The SMILES string of the molecule is COC1CCC2(C)C(CCC3C2CC(O)C2(C)C(C4=CC(=O)OC4)CCC32O)C1. The van der Waals surface area contributed by atoms with Crippen molar-refractivity contribution in [3.8, 4) is 0 Å². The lowest BCUT2D eigenvalue weighted by atomic mass is 9.42. The summed E-state index contributed by atoms with van der Waals surface area (Å²) in [6.45, 7) is 4.80. The molecular weight excluding hydrogens is 368 g/mol. The van der Waals surface area contributed by atoms with Crippen LogP contribution < -0.4 is 0 Å². The third-order valence-corrected chi connectivity index (χ3v) is 10.4. The van der Waals surface area contributed by atoms with Gasteiger partial charge in [-0.25, -0.2) is 4.79 Å². The van der Waals surface area contributed by atoms with Crippen LogP contribution in [-0.2, 0) is 14.3 Å². The van der Waals surface area contributed by atoms with E-state index in [1.807, 2.05) is 7.11 Å². The number of hydrogen-bond acceptors (Lipinski definition) is 5. The van der Waals surface area contributed by atoms with Gasteiger partial charge in [0.15, 0.2) is 0 Å². The number of aliphatic hydroxyl groups is 2. The third-order valence-electron chi connectivity index (χ3n) is 10.4. The van der Waals surface area contributed by atoms with Gasteiger partial charge in [-0.1, -0.05) is 13.8 Å². The van der Waals surface area contributed by atoms with Crippen molar-refractivity contribution in [3.05, 3.63) is 11.6 Å². The highest BCUT2D eigenvalue weighted by Crippen LogP contribution is 2.69. The summed E-state index contributed by atoms with van der Waals surface area (Å²) in [5.41, 5.74) is -0.356. The standard InChI is InChI=1S/C24H36O5/c1-22-8-6-16(28-3)11-15(22)4-5-18-19(22)12-20(25)23(2)17(7-9-24(18,23)27)14-10-21(26)29-13-14/h10,15-20,25,27H,4-9,11-13H2,1-3H3. The number of methoxy groups -OCH3 is 1. The molecule has 0 aromatic carbocycles. The zero-order valence-corrected chi connectivity index (χ0v) is 18.0. The Bertz CT molecular complexity index is 733. The van der Waals surface area contributed by atoms with Crippen LogP contribution in [0.3, 0.4) is 0 Å². The molecule has 1 heterocycles. The third kappa shape index (κ3) is 2.53. The Morgan fingerprint density at radius 1 is 1.10 bits per heavy atom.